The van der Waals surface area contributed by atoms with E-state index < -0.39 is 17.6 Å². The van der Waals surface area contributed by atoms with Crippen molar-refractivity contribution in [3.63, 3.8) is 0 Å². The summed E-state index contributed by atoms with van der Waals surface area (Å²) < 4.78 is 44.1. The molecular formula is C17H14F3NO2. The van der Waals surface area contributed by atoms with Crippen LogP contribution in [0.4, 0.5) is 18.9 Å². The molecular weight excluding hydrogens is 307 g/mol. The van der Waals surface area contributed by atoms with Crippen LogP contribution in [0, 0.1) is 0 Å². The van der Waals surface area contributed by atoms with Crippen molar-refractivity contribution in [1.82, 2.24) is 0 Å². The fourth-order valence-electron chi connectivity index (χ4n) is 1.92. The number of carbonyl (C=O) groups is 1. The zero-order valence-corrected chi connectivity index (χ0v) is 12.1. The van der Waals surface area contributed by atoms with Crippen molar-refractivity contribution < 1.29 is 22.7 Å². The topological polar surface area (TPSA) is 38.3 Å². The molecule has 0 aromatic heterocycles. The average molecular weight is 321 g/mol. The smallest absolute Gasteiger partial charge is 0.418 e. The summed E-state index contributed by atoms with van der Waals surface area (Å²) in [6, 6.07) is 11.0. The van der Waals surface area contributed by atoms with E-state index in [0.29, 0.717) is 5.75 Å². The van der Waals surface area contributed by atoms with Crippen LogP contribution in [0.5, 0.6) is 5.75 Å². The van der Waals surface area contributed by atoms with E-state index in [0.717, 1.165) is 6.07 Å². The highest BCUT2D eigenvalue weighted by Gasteiger charge is 2.33. The fraction of sp³-hybridized carbons (Fsp3) is 0.118. The number of hydrogen-bond acceptors (Lipinski definition) is 2. The Balaban J connectivity index is 2.21. The van der Waals surface area contributed by atoms with Gasteiger partial charge >= 0.3 is 6.18 Å². The lowest BCUT2D eigenvalue weighted by atomic mass is 10.1. The number of alkyl halides is 3. The monoisotopic (exact) mass is 321 g/mol. The maximum atomic E-state index is 12.9. The van der Waals surface area contributed by atoms with Gasteiger partial charge in [-0.3, -0.25) is 4.79 Å². The second-order valence-corrected chi connectivity index (χ2v) is 4.62. The summed E-state index contributed by atoms with van der Waals surface area (Å²) in [6.07, 6.45) is -2.99. The SMILES string of the molecule is C=CCOc1cccc(C(=O)Nc2ccccc2C(F)(F)F)c1. The lowest BCUT2D eigenvalue weighted by Gasteiger charge is -2.13. The number of benzene rings is 2. The van der Waals surface area contributed by atoms with Gasteiger partial charge in [-0.1, -0.05) is 30.9 Å². The van der Waals surface area contributed by atoms with Crippen molar-refractivity contribution in [2.45, 2.75) is 6.18 Å². The molecule has 2 aromatic rings. The molecule has 0 unspecified atom stereocenters. The molecule has 0 aliphatic heterocycles. The van der Waals surface area contributed by atoms with E-state index in [1.54, 1.807) is 18.2 Å². The van der Waals surface area contributed by atoms with Crippen molar-refractivity contribution >= 4 is 11.6 Å². The van der Waals surface area contributed by atoms with Crippen molar-refractivity contribution in [3.8, 4) is 5.75 Å². The van der Waals surface area contributed by atoms with Gasteiger partial charge in [0.05, 0.1) is 11.3 Å². The van der Waals surface area contributed by atoms with Crippen LogP contribution in [0.2, 0.25) is 0 Å². The van der Waals surface area contributed by atoms with Crippen LogP contribution in [-0.4, -0.2) is 12.5 Å². The second-order valence-electron chi connectivity index (χ2n) is 4.62. The van der Waals surface area contributed by atoms with Gasteiger partial charge in [0.15, 0.2) is 0 Å². The maximum Gasteiger partial charge on any atom is 0.418 e. The van der Waals surface area contributed by atoms with Gasteiger partial charge < -0.3 is 10.1 Å². The summed E-state index contributed by atoms with van der Waals surface area (Å²) in [7, 11) is 0. The molecule has 3 nitrogen and oxygen atoms in total. The molecule has 1 N–H and O–H groups in total. The zero-order valence-electron chi connectivity index (χ0n) is 12.1. The molecule has 0 radical (unpaired) electrons. The number of nitrogens with one attached hydrogen (secondary N) is 1. The number of para-hydroxylation sites is 1. The summed E-state index contributed by atoms with van der Waals surface area (Å²) in [5.41, 5.74) is -0.988. The third-order valence-corrected chi connectivity index (χ3v) is 2.94. The number of hydrogen-bond donors (Lipinski definition) is 1. The lowest BCUT2D eigenvalue weighted by molar-refractivity contribution is -0.136. The summed E-state index contributed by atoms with van der Waals surface area (Å²) in [6.45, 7) is 3.78. The number of carbonyl (C=O) groups excluding carboxylic acids is 1. The van der Waals surface area contributed by atoms with Gasteiger partial charge in [0.2, 0.25) is 0 Å². The van der Waals surface area contributed by atoms with Crippen molar-refractivity contribution in [2.24, 2.45) is 0 Å². The van der Waals surface area contributed by atoms with Gasteiger partial charge in [-0.25, -0.2) is 0 Å². The molecule has 0 aliphatic rings. The Morgan fingerprint density at radius 2 is 1.91 bits per heavy atom. The van der Waals surface area contributed by atoms with Crippen LogP contribution in [0.1, 0.15) is 15.9 Å². The van der Waals surface area contributed by atoms with Crippen molar-refractivity contribution in [1.29, 1.82) is 0 Å². The number of rotatable bonds is 5. The third-order valence-electron chi connectivity index (χ3n) is 2.94. The van der Waals surface area contributed by atoms with Crippen LogP contribution in [0.15, 0.2) is 61.2 Å². The lowest BCUT2D eigenvalue weighted by Crippen LogP contribution is -2.16. The van der Waals surface area contributed by atoms with Crippen LogP contribution < -0.4 is 10.1 Å². The van der Waals surface area contributed by atoms with Crippen molar-refractivity contribution in [3.05, 3.63) is 72.3 Å². The first-order chi connectivity index (χ1) is 10.9. The number of ether oxygens (including phenoxy) is 1. The summed E-state index contributed by atoms with van der Waals surface area (Å²) in [5, 5.41) is 2.28. The Bertz CT molecular complexity index is 711. The first-order valence-electron chi connectivity index (χ1n) is 6.73. The first kappa shape index (κ1) is 16.6. The Morgan fingerprint density at radius 3 is 2.61 bits per heavy atom. The minimum atomic E-state index is -4.54. The Morgan fingerprint density at radius 1 is 1.17 bits per heavy atom. The van der Waals surface area contributed by atoms with E-state index in [-0.39, 0.29) is 17.9 Å². The number of anilines is 1. The van der Waals surface area contributed by atoms with Gasteiger partial charge in [-0.05, 0) is 30.3 Å². The minimum absolute atomic E-state index is 0.198. The van der Waals surface area contributed by atoms with E-state index in [9.17, 15) is 18.0 Å². The van der Waals surface area contributed by atoms with Gasteiger partial charge in [-0.15, -0.1) is 0 Å². The molecule has 0 heterocycles. The van der Waals surface area contributed by atoms with E-state index in [4.69, 9.17) is 4.74 Å². The number of amides is 1. The Kier molecular flexibility index (Phi) is 5.05. The second kappa shape index (κ2) is 7.00. The van der Waals surface area contributed by atoms with Crippen LogP contribution in [0.25, 0.3) is 0 Å². The average Bonchev–Trinajstić information content (AvgIpc) is 2.52. The quantitative estimate of drug-likeness (QED) is 0.822. The highest BCUT2D eigenvalue weighted by Crippen LogP contribution is 2.34. The molecule has 2 rings (SSSR count). The molecule has 0 spiro atoms. The molecule has 0 saturated heterocycles. The van der Waals surface area contributed by atoms with E-state index in [1.165, 1.54) is 30.3 Å². The Hall–Kier alpha value is -2.76. The molecule has 2 aromatic carbocycles. The highest BCUT2D eigenvalue weighted by atomic mass is 19.4. The molecule has 0 fully saturated rings. The molecule has 23 heavy (non-hydrogen) atoms. The molecule has 0 atom stereocenters. The van der Waals surface area contributed by atoms with Gasteiger partial charge in [0.1, 0.15) is 12.4 Å². The molecule has 6 heteroatoms. The van der Waals surface area contributed by atoms with Gasteiger partial charge in [0.25, 0.3) is 5.91 Å². The predicted molar refractivity (Wildman–Crippen MR) is 81.5 cm³/mol. The molecule has 0 bridgehead atoms. The summed E-state index contributed by atoms with van der Waals surface area (Å²) in [5.74, 6) is -0.215. The van der Waals surface area contributed by atoms with Crippen LogP contribution in [0.3, 0.4) is 0 Å². The Labute approximate surface area is 131 Å². The van der Waals surface area contributed by atoms with E-state index in [2.05, 4.69) is 11.9 Å². The fourth-order valence-corrected chi connectivity index (χ4v) is 1.92. The van der Waals surface area contributed by atoms with E-state index in [1.807, 2.05) is 0 Å². The highest BCUT2D eigenvalue weighted by molar-refractivity contribution is 6.04. The maximum absolute atomic E-state index is 12.9. The minimum Gasteiger partial charge on any atom is -0.490 e. The summed E-state index contributed by atoms with van der Waals surface area (Å²) in [4.78, 5) is 12.2. The zero-order chi connectivity index (χ0) is 16.9. The molecule has 1 amide bonds. The van der Waals surface area contributed by atoms with Crippen molar-refractivity contribution in [2.75, 3.05) is 11.9 Å². The van der Waals surface area contributed by atoms with Gasteiger partial charge in [0, 0.05) is 5.56 Å². The normalized spacial score (nSPS) is 10.9. The molecule has 120 valence electrons. The largest absolute Gasteiger partial charge is 0.490 e. The number of halogens is 3. The molecule has 0 saturated carbocycles. The van der Waals surface area contributed by atoms with Gasteiger partial charge in [-0.2, -0.15) is 13.2 Å². The predicted octanol–water partition coefficient (Wildman–Crippen LogP) is 4.52. The van der Waals surface area contributed by atoms with E-state index >= 15 is 0 Å². The molecule has 0 aliphatic carbocycles. The van der Waals surface area contributed by atoms with Crippen LogP contribution in [-0.2, 0) is 6.18 Å². The third kappa shape index (κ3) is 4.35. The summed E-state index contributed by atoms with van der Waals surface area (Å²) >= 11 is 0. The standard InChI is InChI=1S/C17H14F3NO2/c1-2-10-23-13-7-5-6-12(11-13)16(22)21-15-9-4-3-8-14(15)17(18,19)20/h2-9,11H,1,10H2,(H,21,22). The first-order valence-corrected chi connectivity index (χ1v) is 6.73. The van der Waals surface area contributed by atoms with Crippen LogP contribution >= 0.6 is 0 Å².